The third-order valence-electron chi connectivity index (χ3n) is 5.64. The number of nitrogens with one attached hydrogen (secondary N) is 1. The minimum absolute atomic E-state index is 0.154. The number of fused-ring (bicyclic) bond motifs is 1. The maximum Gasteiger partial charge on any atom is 0.255 e. The first kappa shape index (κ1) is 19.4. The zero-order chi connectivity index (χ0) is 20.7. The van der Waals surface area contributed by atoms with Gasteiger partial charge in [-0.1, -0.05) is 29.3 Å². The van der Waals surface area contributed by atoms with Crippen molar-refractivity contribution in [3.8, 4) is 0 Å². The highest BCUT2D eigenvalue weighted by molar-refractivity contribution is 6.31. The van der Waals surface area contributed by atoms with Gasteiger partial charge >= 0.3 is 0 Å². The number of halogens is 1. The van der Waals surface area contributed by atoms with Crippen molar-refractivity contribution in [2.45, 2.75) is 26.7 Å². The first-order valence-electron chi connectivity index (χ1n) is 9.56. The molecule has 29 heavy (non-hydrogen) atoms. The van der Waals surface area contributed by atoms with E-state index in [9.17, 15) is 14.4 Å². The van der Waals surface area contributed by atoms with Crippen LogP contribution < -0.4 is 10.2 Å². The van der Waals surface area contributed by atoms with E-state index in [-0.39, 0.29) is 29.6 Å². The van der Waals surface area contributed by atoms with E-state index in [1.807, 2.05) is 26.0 Å². The van der Waals surface area contributed by atoms with Crippen LogP contribution in [0.3, 0.4) is 0 Å². The van der Waals surface area contributed by atoms with Crippen LogP contribution in [0.25, 0.3) is 0 Å². The molecule has 2 atom stereocenters. The third-order valence-corrected chi connectivity index (χ3v) is 6.05. The van der Waals surface area contributed by atoms with Gasteiger partial charge in [-0.05, 0) is 68.7 Å². The van der Waals surface area contributed by atoms with Gasteiger partial charge in [0.25, 0.3) is 5.91 Å². The van der Waals surface area contributed by atoms with Gasteiger partial charge in [0.15, 0.2) is 0 Å². The van der Waals surface area contributed by atoms with Crippen molar-refractivity contribution < 1.29 is 14.4 Å². The second-order valence-corrected chi connectivity index (χ2v) is 8.09. The lowest BCUT2D eigenvalue weighted by molar-refractivity contribution is -0.122. The molecule has 2 aromatic rings. The molecule has 1 N–H and O–H groups in total. The molecular formula is C23H21ClN2O3. The number of hydrogen-bond donors (Lipinski definition) is 1. The Balaban J connectivity index is 1.50. The van der Waals surface area contributed by atoms with Gasteiger partial charge in [-0.2, -0.15) is 0 Å². The molecule has 4 rings (SSSR count). The maximum absolute atomic E-state index is 12.8. The molecule has 1 aliphatic carbocycles. The highest BCUT2D eigenvalue weighted by Gasteiger charge is 2.48. The number of aryl methyl sites for hydroxylation is 1. The molecule has 0 bridgehead atoms. The molecule has 0 radical (unpaired) electrons. The summed E-state index contributed by atoms with van der Waals surface area (Å²) >= 11 is 6.10. The van der Waals surface area contributed by atoms with Crippen LogP contribution in [0.15, 0.2) is 54.1 Å². The van der Waals surface area contributed by atoms with Crippen molar-refractivity contribution in [1.29, 1.82) is 0 Å². The van der Waals surface area contributed by atoms with Gasteiger partial charge in [-0.25, -0.2) is 0 Å². The topological polar surface area (TPSA) is 66.5 Å². The number of anilines is 2. The molecule has 1 fully saturated rings. The summed E-state index contributed by atoms with van der Waals surface area (Å²) in [7, 11) is 0. The zero-order valence-electron chi connectivity index (χ0n) is 16.2. The van der Waals surface area contributed by atoms with Crippen LogP contribution >= 0.6 is 11.6 Å². The summed E-state index contributed by atoms with van der Waals surface area (Å²) in [6, 6.07) is 11.8. The number of nitrogens with zero attached hydrogens (tertiary/aromatic N) is 1. The molecule has 6 heteroatoms. The van der Waals surface area contributed by atoms with Gasteiger partial charge in [-0.3, -0.25) is 19.3 Å². The lowest BCUT2D eigenvalue weighted by Crippen LogP contribution is -2.30. The number of carbonyl (C=O) groups is 3. The SMILES string of the molecule is CC1=CC[C@@H]2C(=O)N(c3ccc(C(=O)Nc4ccc(C)c(Cl)c4)cc3)C(=O)[C@H]2C1. The number of hydrogen-bond acceptors (Lipinski definition) is 3. The van der Waals surface area contributed by atoms with Crippen LogP contribution in [-0.4, -0.2) is 17.7 Å². The summed E-state index contributed by atoms with van der Waals surface area (Å²) in [5.74, 6) is -1.15. The van der Waals surface area contributed by atoms with Gasteiger partial charge in [0.1, 0.15) is 0 Å². The van der Waals surface area contributed by atoms with Crippen LogP contribution in [0.1, 0.15) is 35.7 Å². The molecule has 1 saturated heterocycles. The first-order chi connectivity index (χ1) is 13.8. The van der Waals surface area contributed by atoms with E-state index in [2.05, 4.69) is 5.32 Å². The monoisotopic (exact) mass is 408 g/mol. The Morgan fingerprint density at radius 3 is 2.41 bits per heavy atom. The Labute approximate surface area is 174 Å². The maximum atomic E-state index is 12.8. The molecule has 1 aliphatic heterocycles. The number of amides is 3. The normalized spacial score (nSPS) is 21.1. The van der Waals surface area contributed by atoms with E-state index in [0.717, 1.165) is 11.1 Å². The van der Waals surface area contributed by atoms with Crippen LogP contribution in [0, 0.1) is 18.8 Å². The predicted octanol–water partition coefficient (Wildman–Crippen LogP) is 4.75. The minimum atomic E-state index is -0.288. The average molecular weight is 409 g/mol. The molecule has 148 valence electrons. The van der Waals surface area contributed by atoms with Crippen molar-refractivity contribution in [2.24, 2.45) is 11.8 Å². The van der Waals surface area contributed by atoms with Crippen LogP contribution in [0.2, 0.25) is 5.02 Å². The lowest BCUT2D eigenvalue weighted by atomic mass is 9.82. The van der Waals surface area contributed by atoms with Crippen LogP contribution in [0.4, 0.5) is 11.4 Å². The molecule has 2 aromatic carbocycles. The number of carbonyl (C=O) groups excluding carboxylic acids is 3. The van der Waals surface area contributed by atoms with Crippen molar-refractivity contribution in [3.05, 3.63) is 70.3 Å². The van der Waals surface area contributed by atoms with E-state index in [1.54, 1.807) is 36.4 Å². The number of allylic oxidation sites excluding steroid dienone is 2. The third kappa shape index (κ3) is 3.58. The molecule has 0 aromatic heterocycles. The van der Waals surface area contributed by atoms with Gasteiger partial charge in [0.2, 0.25) is 11.8 Å². The van der Waals surface area contributed by atoms with E-state index in [0.29, 0.717) is 34.8 Å². The molecule has 2 aliphatic rings. The quantitative estimate of drug-likeness (QED) is 0.588. The highest BCUT2D eigenvalue weighted by Crippen LogP contribution is 2.39. The minimum Gasteiger partial charge on any atom is -0.322 e. The summed E-state index contributed by atoms with van der Waals surface area (Å²) in [5.41, 5.74) is 3.62. The fourth-order valence-corrected chi connectivity index (χ4v) is 4.11. The van der Waals surface area contributed by atoms with E-state index >= 15 is 0 Å². The smallest absolute Gasteiger partial charge is 0.255 e. The van der Waals surface area contributed by atoms with E-state index in [4.69, 9.17) is 11.6 Å². The standard InChI is InChI=1S/C23H21ClN2O3/c1-13-3-10-18-19(11-13)23(29)26(22(18)28)17-8-5-15(6-9-17)21(27)25-16-7-4-14(2)20(24)12-16/h3-9,12,18-19H,10-11H2,1-2H3,(H,25,27)/t18-,19-/m0/s1. The summed E-state index contributed by atoms with van der Waals surface area (Å²) in [6.45, 7) is 3.88. The molecular weight excluding hydrogens is 388 g/mol. The molecule has 0 spiro atoms. The first-order valence-corrected chi connectivity index (χ1v) is 9.94. The Hall–Kier alpha value is -2.92. The van der Waals surface area contributed by atoms with Crippen LogP contribution in [-0.2, 0) is 9.59 Å². The summed E-state index contributed by atoms with van der Waals surface area (Å²) in [4.78, 5) is 39.3. The van der Waals surface area contributed by atoms with Crippen molar-refractivity contribution in [2.75, 3.05) is 10.2 Å². The number of benzene rings is 2. The Morgan fingerprint density at radius 1 is 1.03 bits per heavy atom. The Morgan fingerprint density at radius 2 is 1.72 bits per heavy atom. The molecule has 3 amide bonds. The van der Waals surface area contributed by atoms with Gasteiger partial charge in [0, 0.05) is 16.3 Å². The number of imide groups is 1. The van der Waals surface area contributed by atoms with Crippen molar-refractivity contribution in [1.82, 2.24) is 0 Å². The average Bonchev–Trinajstić information content (AvgIpc) is 2.94. The summed E-state index contributed by atoms with van der Waals surface area (Å²) < 4.78 is 0. The fraction of sp³-hybridized carbons (Fsp3) is 0.261. The molecule has 0 unspecified atom stereocenters. The molecule has 1 heterocycles. The zero-order valence-corrected chi connectivity index (χ0v) is 17.0. The lowest BCUT2D eigenvalue weighted by Gasteiger charge is -2.18. The van der Waals surface area contributed by atoms with Crippen molar-refractivity contribution in [3.63, 3.8) is 0 Å². The summed E-state index contributed by atoms with van der Waals surface area (Å²) in [6.07, 6.45) is 3.28. The highest BCUT2D eigenvalue weighted by atomic mass is 35.5. The second kappa shape index (κ2) is 7.48. The number of rotatable bonds is 3. The van der Waals surface area contributed by atoms with Gasteiger partial charge in [0.05, 0.1) is 17.5 Å². The largest absolute Gasteiger partial charge is 0.322 e. The predicted molar refractivity (Wildman–Crippen MR) is 113 cm³/mol. The Bertz CT molecular complexity index is 1040. The molecule has 0 saturated carbocycles. The van der Waals surface area contributed by atoms with Gasteiger partial charge in [-0.15, -0.1) is 0 Å². The van der Waals surface area contributed by atoms with Gasteiger partial charge < -0.3 is 5.32 Å². The van der Waals surface area contributed by atoms with E-state index < -0.39 is 0 Å². The molecule has 5 nitrogen and oxygen atoms in total. The fourth-order valence-electron chi connectivity index (χ4n) is 3.93. The van der Waals surface area contributed by atoms with Crippen molar-refractivity contribution >= 4 is 40.7 Å². The second-order valence-electron chi connectivity index (χ2n) is 7.68. The Kier molecular flexibility index (Phi) is 5.01. The van der Waals surface area contributed by atoms with Crippen LogP contribution in [0.5, 0.6) is 0 Å². The summed E-state index contributed by atoms with van der Waals surface area (Å²) in [5, 5.41) is 3.38. The van der Waals surface area contributed by atoms with E-state index in [1.165, 1.54) is 4.90 Å².